The number of alkyl halides is 1. The highest BCUT2D eigenvalue weighted by atomic mass is 79.9. The van der Waals surface area contributed by atoms with Crippen LogP contribution in [-0.2, 0) is 6.42 Å². The van der Waals surface area contributed by atoms with E-state index in [9.17, 15) is 0 Å². The molecular formula is C14H17BrN2S. The third kappa shape index (κ3) is 2.32. The fraction of sp³-hybridized carbons (Fsp3) is 0.500. The Kier molecular flexibility index (Phi) is 3.66. The highest BCUT2D eigenvalue weighted by Gasteiger charge is 2.27. The first-order valence-electron chi connectivity index (χ1n) is 6.42. The third-order valence-electron chi connectivity index (χ3n) is 3.46. The number of thioether (sulfide) groups is 1. The summed E-state index contributed by atoms with van der Waals surface area (Å²) < 4.78 is 0. The summed E-state index contributed by atoms with van der Waals surface area (Å²) in [4.78, 5) is 7.12. The van der Waals surface area contributed by atoms with Gasteiger partial charge in [0, 0.05) is 22.8 Å². The minimum absolute atomic E-state index is 0.607. The van der Waals surface area contributed by atoms with Crippen molar-refractivity contribution in [2.75, 3.05) is 23.3 Å². The highest BCUT2D eigenvalue weighted by molar-refractivity contribution is 9.09. The SMILES string of the molecule is Cc1ccc2c(c1)CCCN2C1=NCC(CBr)S1. The van der Waals surface area contributed by atoms with Gasteiger partial charge < -0.3 is 4.90 Å². The summed E-state index contributed by atoms with van der Waals surface area (Å²) in [6.45, 7) is 4.22. The van der Waals surface area contributed by atoms with Crippen LogP contribution in [0.5, 0.6) is 0 Å². The first-order chi connectivity index (χ1) is 8.78. The molecule has 0 aliphatic carbocycles. The summed E-state index contributed by atoms with van der Waals surface area (Å²) in [5, 5.41) is 2.85. The van der Waals surface area contributed by atoms with Gasteiger partial charge in [0.05, 0.1) is 6.54 Å². The lowest BCUT2D eigenvalue weighted by Gasteiger charge is -2.31. The number of nitrogens with zero attached hydrogens (tertiary/aromatic N) is 2. The predicted octanol–water partition coefficient (Wildman–Crippen LogP) is 3.61. The molecule has 1 aromatic rings. The van der Waals surface area contributed by atoms with Crippen LogP contribution in [0.4, 0.5) is 5.69 Å². The molecule has 96 valence electrons. The molecule has 4 heteroatoms. The van der Waals surface area contributed by atoms with E-state index in [0.29, 0.717) is 5.25 Å². The van der Waals surface area contributed by atoms with Gasteiger partial charge in [0.1, 0.15) is 0 Å². The van der Waals surface area contributed by atoms with Crippen LogP contribution in [0.2, 0.25) is 0 Å². The van der Waals surface area contributed by atoms with E-state index in [-0.39, 0.29) is 0 Å². The largest absolute Gasteiger partial charge is 0.321 e. The summed E-state index contributed by atoms with van der Waals surface area (Å²) >= 11 is 5.47. The Morgan fingerprint density at radius 3 is 3.17 bits per heavy atom. The third-order valence-corrected chi connectivity index (χ3v) is 5.88. The summed E-state index contributed by atoms with van der Waals surface area (Å²) in [5.41, 5.74) is 4.20. The van der Waals surface area contributed by atoms with Crippen molar-refractivity contribution in [3.8, 4) is 0 Å². The average molecular weight is 325 g/mol. The molecular weight excluding hydrogens is 308 g/mol. The molecule has 2 nitrogen and oxygen atoms in total. The van der Waals surface area contributed by atoms with Crippen LogP contribution in [0.1, 0.15) is 17.5 Å². The standard InChI is InChI=1S/C14H17BrN2S/c1-10-4-5-13-11(7-10)3-2-6-17(13)14-16-9-12(8-15)18-14/h4-5,7,12H,2-3,6,8-9H2,1H3. The van der Waals surface area contributed by atoms with Gasteiger partial charge in [0.2, 0.25) is 0 Å². The average Bonchev–Trinajstić information content (AvgIpc) is 2.86. The van der Waals surface area contributed by atoms with Crippen molar-refractivity contribution in [2.45, 2.75) is 25.0 Å². The van der Waals surface area contributed by atoms with Gasteiger partial charge in [-0.05, 0) is 31.4 Å². The van der Waals surface area contributed by atoms with Crippen LogP contribution in [0, 0.1) is 6.92 Å². The number of aryl methyl sites for hydroxylation is 2. The molecule has 0 fully saturated rings. The monoisotopic (exact) mass is 324 g/mol. The molecule has 0 radical (unpaired) electrons. The molecule has 0 bridgehead atoms. The fourth-order valence-electron chi connectivity index (χ4n) is 2.56. The lowest BCUT2D eigenvalue weighted by Crippen LogP contribution is -2.33. The van der Waals surface area contributed by atoms with E-state index in [2.05, 4.69) is 46.0 Å². The molecule has 2 aliphatic rings. The maximum absolute atomic E-state index is 4.71. The zero-order chi connectivity index (χ0) is 12.5. The lowest BCUT2D eigenvalue weighted by molar-refractivity contribution is 0.779. The Morgan fingerprint density at radius 2 is 2.39 bits per heavy atom. The minimum Gasteiger partial charge on any atom is -0.321 e. The van der Waals surface area contributed by atoms with Gasteiger partial charge in [-0.2, -0.15) is 0 Å². The molecule has 1 aromatic carbocycles. The van der Waals surface area contributed by atoms with Crippen LogP contribution >= 0.6 is 27.7 Å². The van der Waals surface area contributed by atoms with E-state index in [0.717, 1.165) is 18.4 Å². The van der Waals surface area contributed by atoms with Gasteiger partial charge in [-0.25, -0.2) is 0 Å². The van der Waals surface area contributed by atoms with Crippen molar-refractivity contribution in [3.05, 3.63) is 29.3 Å². The Hall–Kier alpha value is -0.480. The number of fused-ring (bicyclic) bond motifs is 1. The van der Waals surface area contributed by atoms with Gasteiger partial charge in [-0.3, -0.25) is 4.99 Å². The molecule has 1 unspecified atom stereocenters. The van der Waals surface area contributed by atoms with Gasteiger partial charge in [-0.1, -0.05) is 45.4 Å². The predicted molar refractivity (Wildman–Crippen MR) is 84.3 cm³/mol. The molecule has 0 spiro atoms. The maximum Gasteiger partial charge on any atom is 0.164 e. The summed E-state index contributed by atoms with van der Waals surface area (Å²) in [6.07, 6.45) is 2.43. The first-order valence-corrected chi connectivity index (χ1v) is 8.42. The van der Waals surface area contributed by atoms with Crippen LogP contribution in [0.3, 0.4) is 0 Å². The Bertz CT molecular complexity index is 487. The molecule has 3 rings (SSSR count). The Morgan fingerprint density at radius 1 is 1.50 bits per heavy atom. The van der Waals surface area contributed by atoms with Crippen LogP contribution < -0.4 is 4.90 Å². The number of benzene rings is 1. The second kappa shape index (κ2) is 5.25. The zero-order valence-electron chi connectivity index (χ0n) is 10.5. The molecule has 1 atom stereocenters. The zero-order valence-corrected chi connectivity index (χ0v) is 12.9. The fourth-order valence-corrected chi connectivity index (χ4v) is 4.13. The van der Waals surface area contributed by atoms with E-state index >= 15 is 0 Å². The van der Waals surface area contributed by atoms with Gasteiger partial charge in [0.15, 0.2) is 5.17 Å². The highest BCUT2D eigenvalue weighted by Crippen LogP contribution is 2.33. The number of aliphatic imine (C=N–C) groups is 1. The maximum atomic E-state index is 4.71. The second-order valence-corrected chi connectivity index (χ2v) is 6.82. The van der Waals surface area contributed by atoms with Crippen molar-refractivity contribution in [2.24, 2.45) is 4.99 Å². The molecule has 2 heterocycles. The molecule has 0 amide bonds. The van der Waals surface area contributed by atoms with Crippen molar-refractivity contribution in [1.29, 1.82) is 0 Å². The number of amidine groups is 1. The summed E-state index contributed by atoms with van der Waals surface area (Å²) in [6, 6.07) is 6.79. The number of rotatable bonds is 1. The van der Waals surface area contributed by atoms with Gasteiger partial charge in [-0.15, -0.1) is 0 Å². The molecule has 0 saturated heterocycles. The Balaban J connectivity index is 1.88. The minimum atomic E-state index is 0.607. The normalized spacial score (nSPS) is 22.9. The van der Waals surface area contributed by atoms with E-state index in [4.69, 9.17) is 4.99 Å². The molecule has 0 N–H and O–H groups in total. The quantitative estimate of drug-likeness (QED) is 0.733. The van der Waals surface area contributed by atoms with Gasteiger partial charge >= 0.3 is 0 Å². The smallest absolute Gasteiger partial charge is 0.164 e. The van der Waals surface area contributed by atoms with E-state index in [1.165, 1.54) is 34.8 Å². The number of halogens is 1. The number of hydrogen-bond acceptors (Lipinski definition) is 3. The van der Waals surface area contributed by atoms with Crippen LogP contribution in [0.15, 0.2) is 23.2 Å². The van der Waals surface area contributed by atoms with Crippen molar-refractivity contribution < 1.29 is 0 Å². The number of anilines is 1. The van der Waals surface area contributed by atoms with Crippen molar-refractivity contribution in [3.63, 3.8) is 0 Å². The van der Waals surface area contributed by atoms with E-state index in [1.807, 2.05) is 11.8 Å². The first kappa shape index (κ1) is 12.5. The lowest BCUT2D eigenvalue weighted by atomic mass is 10.0. The topological polar surface area (TPSA) is 15.6 Å². The van der Waals surface area contributed by atoms with Crippen molar-refractivity contribution in [1.82, 2.24) is 0 Å². The second-order valence-electron chi connectivity index (χ2n) is 4.90. The molecule has 2 aliphatic heterocycles. The van der Waals surface area contributed by atoms with Crippen molar-refractivity contribution >= 4 is 38.5 Å². The molecule has 0 aromatic heterocycles. The number of hydrogen-bond donors (Lipinski definition) is 0. The van der Waals surface area contributed by atoms with E-state index < -0.39 is 0 Å². The van der Waals surface area contributed by atoms with Crippen LogP contribution in [-0.4, -0.2) is 28.8 Å². The molecule has 0 saturated carbocycles. The summed E-state index contributed by atoms with van der Waals surface area (Å²) in [7, 11) is 0. The molecule has 18 heavy (non-hydrogen) atoms. The van der Waals surface area contributed by atoms with Crippen LogP contribution in [0.25, 0.3) is 0 Å². The van der Waals surface area contributed by atoms with Gasteiger partial charge in [0.25, 0.3) is 0 Å². The van der Waals surface area contributed by atoms with E-state index in [1.54, 1.807) is 0 Å². The Labute approximate surface area is 121 Å². The summed E-state index contributed by atoms with van der Waals surface area (Å²) in [5.74, 6) is 0.